The van der Waals surface area contributed by atoms with Gasteiger partial charge in [0, 0.05) is 64.7 Å². The number of phenolic OH excluding ortho intramolecular Hbond substituents is 2. The van der Waals surface area contributed by atoms with Crippen LogP contribution in [0.3, 0.4) is 0 Å². The summed E-state index contributed by atoms with van der Waals surface area (Å²) in [5, 5.41) is 25.6. The van der Waals surface area contributed by atoms with Gasteiger partial charge in [-0.3, -0.25) is 43.9 Å². The first-order valence-electron chi connectivity index (χ1n) is 19.4. The van der Waals surface area contributed by atoms with Crippen molar-refractivity contribution in [2.24, 2.45) is 0 Å². The van der Waals surface area contributed by atoms with E-state index in [1.54, 1.807) is 23.1 Å². The Morgan fingerprint density at radius 2 is 1.61 bits per heavy atom. The van der Waals surface area contributed by atoms with E-state index in [-0.39, 0.29) is 70.9 Å². The number of nitrogens with zero attached hydrogens (tertiary/aromatic N) is 4. The summed E-state index contributed by atoms with van der Waals surface area (Å²) in [7, 11) is 0. The fourth-order valence-electron chi connectivity index (χ4n) is 8.15. The first-order chi connectivity index (χ1) is 26.9. The van der Waals surface area contributed by atoms with Crippen LogP contribution in [0.5, 0.6) is 11.5 Å². The number of carbonyl (C=O) groups excluding carboxylic acids is 6. The molecular weight excluding hydrogens is 716 g/mol. The number of unbranched alkanes of at least 4 members (excludes halogenated alkanes) is 2. The maximum absolute atomic E-state index is 13.4. The molecule has 1 atom stereocenters. The largest absolute Gasteiger partial charge is 0.508 e. The molecule has 56 heavy (non-hydrogen) atoms. The second kappa shape index (κ2) is 16.2. The van der Waals surface area contributed by atoms with Gasteiger partial charge in [-0.2, -0.15) is 0 Å². The fourth-order valence-corrected chi connectivity index (χ4v) is 8.15. The monoisotopic (exact) mass is 764 g/mol. The predicted octanol–water partition coefficient (Wildman–Crippen LogP) is 4.10. The second-order valence-electron chi connectivity index (χ2n) is 15.5. The van der Waals surface area contributed by atoms with Crippen LogP contribution in [0, 0.1) is 0 Å². The summed E-state index contributed by atoms with van der Waals surface area (Å²) >= 11 is 0. The number of hydrogen-bond donors (Lipinski definition) is 4. The van der Waals surface area contributed by atoms with E-state index >= 15 is 0 Å². The highest BCUT2D eigenvalue weighted by molar-refractivity contribution is 6.26. The third-order valence-electron chi connectivity index (χ3n) is 11.3. The zero-order valence-corrected chi connectivity index (χ0v) is 31.8. The number of phenols is 2. The second-order valence-corrected chi connectivity index (χ2v) is 15.5. The van der Waals surface area contributed by atoms with Gasteiger partial charge < -0.3 is 25.3 Å². The van der Waals surface area contributed by atoms with Gasteiger partial charge in [-0.05, 0) is 72.2 Å². The van der Waals surface area contributed by atoms with Crippen LogP contribution in [0.1, 0.15) is 112 Å². The number of rotatable bonds is 12. The zero-order chi connectivity index (χ0) is 39.7. The molecule has 6 amide bonds. The molecule has 4 aliphatic heterocycles. The molecule has 0 saturated carbocycles. The first kappa shape index (κ1) is 38.7. The Morgan fingerprint density at radius 1 is 0.857 bits per heavy atom. The quantitative estimate of drug-likeness (QED) is 0.155. The van der Waals surface area contributed by atoms with Gasteiger partial charge in [-0.1, -0.05) is 44.5 Å². The van der Waals surface area contributed by atoms with Crippen molar-refractivity contribution in [1.82, 2.24) is 24.9 Å². The maximum Gasteiger partial charge on any atom is 0.264 e. The van der Waals surface area contributed by atoms with E-state index in [0.717, 1.165) is 68.1 Å². The van der Waals surface area contributed by atoms with Gasteiger partial charge in [0.25, 0.3) is 17.7 Å². The Hall–Kier alpha value is -5.60. The summed E-state index contributed by atoms with van der Waals surface area (Å²) in [4.78, 5) is 84.1. The number of nitrogens with one attached hydrogen (secondary N) is 2. The summed E-state index contributed by atoms with van der Waals surface area (Å²) in [5.74, 6) is -3.12. The first-order valence-corrected chi connectivity index (χ1v) is 19.4. The molecule has 0 bridgehead atoms. The number of aromatic hydroxyl groups is 2. The van der Waals surface area contributed by atoms with Crippen LogP contribution in [-0.2, 0) is 34.0 Å². The van der Waals surface area contributed by atoms with Crippen molar-refractivity contribution < 1.29 is 39.0 Å². The van der Waals surface area contributed by atoms with Gasteiger partial charge in [0.1, 0.15) is 17.5 Å². The van der Waals surface area contributed by atoms with E-state index in [2.05, 4.69) is 38.6 Å². The van der Waals surface area contributed by atoms with Gasteiger partial charge in [0.2, 0.25) is 17.7 Å². The van der Waals surface area contributed by atoms with Gasteiger partial charge in [0.15, 0.2) is 0 Å². The molecule has 3 aromatic rings. The lowest BCUT2D eigenvalue weighted by Crippen LogP contribution is -2.54. The van der Waals surface area contributed by atoms with Gasteiger partial charge in [-0.25, -0.2) is 0 Å². The fraction of sp³-hybridized carbons (Fsp3) is 0.429. The smallest absolute Gasteiger partial charge is 0.264 e. The SMILES string of the molecule is CC(C)c1cc(C(=O)N2Cc3ccc(CN4CCN(CCCCCC(=O)Nc5cccc6c5C(=O)N(C5CCC(=O)NC5=O)C6=O)CC4)cc3C2)c(O)cc1O. The molecule has 14 heteroatoms. The highest BCUT2D eigenvalue weighted by atomic mass is 16.3. The van der Waals surface area contributed by atoms with E-state index in [0.29, 0.717) is 25.1 Å². The molecule has 2 saturated heterocycles. The van der Waals surface area contributed by atoms with Crippen LogP contribution >= 0.6 is 0 Å². The van der Waals surface area contributed by atoms with E-state index < -0.39 is 29.7 Å². The maximum atomic E-state index is 13.4. The van der Waals surface area contributed by atoms with Crippen molar-refractivity contribution in [2.75, 3.05) is 38.0 Å². The van der Waals surface area contributed by atoms with Gasteiger partial charge >= 0.3 is 0 Å². The van der Waals surface area contributed by atoms with Crippen LogP contribution in [0.15, 0.2) is 48.5 Å². The molecule has 4 aliphatic rings. The average molecular weight is 765 g/mol. The van der Waals surface area contributed by atoms with Crippen molar-refractivity contribution in [3.63, 3.8) is 0 Å². The number of amides is 6. The van der Waals surface area contributed by atoms with Crippen molar-refractivity contribution in [1.29, 1.82) is 0 Å². The van der Waals surface area contributed by atoms with Crippen LogP contribution in [0.25, 0.3) is 0 Å². The summed E-state index contributed by atoms with van der Waals surface area (Å²) in [6, 6.07) is 12.8. The van der Waals surface area contributed by atoms with E-state index in [4.69, 9.17) is 0 Å². The third kappa shape index (κ3) is 8.03. The van der Waals surface area contributed by atoms with Crippen LogP contribution in [0.2, 0.25) is 0 Å². The topological polar surface area (TPSA) is 180 Å². The Balaban J connectivity index is 0.819. The predicted molar refractivity (Wildman–Crippen MR) is 206 cm³/mol. The molecule has 1 unspecified atom stereocenters. The molecule has 294 valence electrons. The third-order valence-corrected chi connectivity index (χ3v) is 11.3. The number of imide groups is 2. The van der Waals surface area contributed by atoms with Crippen molar-refractivity contribution in [2.45, 2.75) is 84.0 Å². The van der Waals surface area contributed by atoms with Crippen LogP contribution in [-0.4, -0.2) is 104 Å². The van der Waals surface area contributed by atoms with Crippen molar-refractivity contribution in [3.8, 4) is 11.5 Å². The molecule has 4 N–H and O–H groups in total. The van der Waals surface area contributed by atoms with E-state index in [1.165, 1.54) is 17.7 Å². The number of carbonyl (C=O) groups is 6. The van der Waals surface area contributed by atoms with E-state index in [1.807, 2.05) is 13.8 Å². The lowest BCUT2D eigenvalue weighted by molar-refractivity contribution is -0.136. The summed E-state index contributed by atoms with van der Waals surface area (Å²) in [6.07, 6.45) is 2.84. The molecule has 0 aromatic heterocycles. The Bertz CT molecular complexity index is 2090. The standard InChI is InChI=1S/C42H48N6O8/c1-25(2)30-20-31(35(50)21-34(30)49)40(54)47-23-27-11-10-26(19-28(27)24-47)22-46-17-15-45(16-18-46)14-5-3-4-9-36(51)43-32-8-6-7-29-38(32)42(56)48(41(29)55)33-12-13-37(52)44-39(33)53/h6-8,10-11,19-21,25,33,49-50H,3-5,9,12-18,22-24H2,1-2H3,(H,43,51)(H,44,52,53). The van der Waals surface area contributed by atoms with Gasteiger partial charge in [0.05, 0.1) is 22.4 Å². The van der Waals surface area contributed by atoms with Crippen LogP contribution in [0.4, 0.5) is 5.69 Å². The molecular formula is C42H48N6O8. The number of benzene rings is 3. The van der Waals surface area contributed by atoms with Gasteiger partial charge in [-0.15, -0.1) is 0 Å². The zero-order valence-electron chi connectivity index (χ0n) is 31.8. The summed E-state index contributed by atoms with van der Waals surface area (Å²) in [5.41, 5.74) is 4.67. The molecule has 0 radical (unpaired) electrons. The Labute approximate surface area is 325 Å². The lowest BCUT2D eigenvalue weighted by Gasteiger charge is -2.34. The normalized spacial score (nSPS) is 18.7. The summed E-state index contributed by atoms with van der Waals surface area (Å²) < 4.78 is 0. The number of piperidine rings is 1. The molecule has 4 heterocycles. The molecule has 7 rings (SSSR count). The molecule has 14 nitrogen and oxygen atoms in total. The Kier molecular flexibility index (Phi) is 11.2. The average Bonchev–Trinajstić information content (AvgIpc) is 3.70. The minimum absolute atomic E-state index is 0.00700. The minimum Gasteiger partial charge on any atom is -0.508 e. The van der Waals surface area contributed by atoms with Crippen molar-refractivity contribution in [3.05, 3.63) is 87.5 Å². The molecule has 0 spiro atoms. The highest BCUT2D eigenvalue weighted by Crippen LogP contribution is 2.35. The van der Waals surface area contributed by atoms with E-state index in [9.17, 15) is 39.0 Å². The van der Waals surface area contributed by atoms with Crippen molar-refractivity contribution >= 4 is 41.1 Å². The van der Waals surface area contributed by atoms with Crippen LogP contribution < -0.4 is 10.6 Å². The lowest BCUT2D eigenvalue weighted by atomic mass is 9.98. The number of fused-ring (bicyclic) bond motifs is 2. The number of hydrogen-bond acceptors (Lipinski definition) is 10. The minimum atomic E-state index is -1.07. The number of anilines is 1. The number of piperazine rings is 1. The molecule has 2 fully saturated rings. The molecule has 3 aromatic carbocycles. The summed E-state index contributed by atoms with van der Waals surface area (Å²) in [6.45, 7) is 10.3. The Morgan fingerprint density at radius 3 is 2.36 bits per heavy atom. The highest BCUT2D eigenvalue weighted by Gasteiger charge is 2.45. The molecule has 0 aliphatic carbocycles.